The Bertz CT molecular complexity index is 984. The molecule has 0 fully saturated rings. The summed E-state index contributed by atoms with van der Waals surface area (Å²) in [5.41, 5.74) is 0.679. The van der Waals surface area contributed by atoms with E-state index in [0.29, 0.717) is 16.5 Å². The first-order valence-corrected chi connectivity index (χ1v) is 7.15. The van der Waals surface area contributed by atoms with Gasteiger partial charge in [-0.1, -0.05) is 17.7 Å². The molecule has 0 saturated carbocycles. The molecule has 2 aromatic carbocycles. The number of rotatable bonds is 4. The van der Waals surface area contributed by atoms with Gasteiger partial charge in [-0.2, -0.15) is 5.10 Å². The van der Waals surface area contributed by atoms with Crippen LogP contribution < -0.4 is 0 Å². The number of carboxylic acid groups (broad SMARTS) is 2. The van der Waals surface area contributed by atoms with E-state index in [0.717, 1.165) is 6.07 Å². The second kappa shape index (κ2) is 5.93. The minimum Gasteiger partial charge on any atom is -0.478 e. The maximum absolute atomic E-state index is 13.1. The molecule has 0 bridgehead atoms. The van der Waals surface area contributed by atoms with Crippen molar-refractivity contribution in [1.82, 2.24) is 9.78 Å². The molecule has 122 valence electrons. The molecule has 24 heavy (non-hydrogen) atoms. The molecule has 8 heteroatoms. The van der Waals surface area contributed by atoms with Crippen LogP contribution in [0.25, 0.3) is 10.9 Å². The predicted octanol–water partition coefficient (Wildman–Crippen LogP) is 3.27. The van der Waals surface area contributed by atoms with E-state index < -0.39 is 17.8 Å². The summed E-state index contributed by atoms with van der Waals surface area (Å²) in [5, 5.41) is 22.9. The molecule has 3 aromatic rings. The molecule has 0 saturated heterocycles. The Kier molecular flexibility index (Phi) is 3.94. The van der Waals surface area contributed by atoms with Gasteiger partial charge in [0.15, 0.2) is 5.69 Å². The monoisotopic (exact) mass is 348 g/mol. The highest BCUT2D eigenvalue weighted by molar-refractivity contribution is 6.31. The fraction of sp³-hybridized carbons (Fsp3) is 0.0625. The van der Waals surface area contributed by atoms with E-state index in [4.69, 9.17) is 16.7 Å². The summed E-state index contributed by atoms with van der Waals surface area (Å²) < 4.78 is 14.5. The summed E-state index contributed by atoms with van der Waals surface area (Å²) in [6, 6.07) is 7.89. The number of hydrogen-bond acceptors (Lipinski definition) is 3. The molecule has 0 amide bonds. The van der Waals surface area contributed by atoms with Gasteiger partial charge in [0.1, 0.15) is 5.82 Å². The average Bonchev–Trinajstić information content (AvgIpc) is 2.88. The summed E-state index contributed by atoms with van der Waals surface area (Å²) in [6.07, 6.45) is 0. The summed E-state index contributed by atoms with van der Waals surface area (Å²) in [5.74, 6) is -2.86. The van der Waals surface area contributed by atoms with Gasteiger partial charge in [-0.25, -0.2) is 14.0 Å². The molecule has 0 aliphatic carbocycles. The van der Waals surface area contributed by atoms with Gasteiger partial charge in [0, 0.05) is 10.4 Å². The minimum atomic E-state index is -1.23. The van der Waals surface area contributed by atoms with Crippen LogP contribution in [-0.4, -0.2) is 31.9 Å². The third-order valence-electron chi connectivity index (χ3n) is 3.54. The van der Waals surface area contributed by atoms with Crippen molar-refractivity contribution in [3.8, 4) is 0 Å². The van der Waals surface area contributed by atoms with Crippen molar-refractivity contribution in [3.05, 3.63) is 64.1 Å². The fourth-order valence-electron chi connectivity index (χ4n) is 2.40. The summed E-state index contributed by atoms with van der Waals surface area (Å²) in [4.78, 5) is 22.5. The molecule has 0 aliphatic heterocycles. The zero-order chi connectivity index (χ0) is 17.4. The first-order chi connectivity index (χ1) is 11.4. The largest absolute Gasteiger partial charge is 0.478 e. The second-order valence-corrected chi connectivity index (χ2v) is 5.49. The van der Waals surface area contributed by atoms with Crippen LogP contribution in [0.15, 0.2) is 36.4 Å². The van der Waals surface area contributed by atoms with Crippen molar-refractivity contribution < 1.29 is 24.2 Å². The number of aromatic nitrogens is 2. The molecule has 1 aromatic heterocycles. The summed E-state index contributed by atoms with van der Waals surface area (Å²) in [6.45, 7) is 0.0754. The lowest BCUT2D eigenvalue weighted by Crippen LogP contribution is -2.05. The van der Waals surface area contributed by atoms with Gasteiger partial charge in [-0.05, 0) is 35.9 Å². The summed E-state index contributed by atoms with van der Waals surface area (Å²) in [7, 11) is 0. The van der Waals surface area contributed by atoms with Gasteiger partial charge in [-0.15, -0.1) is 0 Å². The quantitative estimate of drug-likeness (QED) is 0.754. The minimum absolute atomic E-state index is 0.00536. The van der Waals surface area contributed by atoms with Crippen LogP contribution in [0.1, 0.15) is 26.4 Å². The van der Waals surface area contributed by atoms with Crippen LogP contribution in [0.3, 0.4) is 0 Å². The average molecular weight is 349 g/mol. The van der Waals surface area contributed by atoms with Crippen LogP contribution >= 0.6 is 11.6 Å². The molecule has 0 unspecified atom stereocenters. The molecule has 3 rings (SSSR count). The van der Waals surface area contributed by atoms with Crippen molar-refractivity contribution in [2.75, 3.05) is 0 Å². The zero-order valence-electron chi connectivity index (χ0n) is 12.0. The maximum Gasteiger partial charge on any atom is 0.357 e. The van der Waals surface area contributed by atoms with E-state index >= 15 is 0 Å². The van der Waals surface area contributed by atoms with E-state index in [-0.39, 0.29) is 22.8 Å². The Balaban J connectivity index is 2.16. The van der Waals surface area contributed by atoms with Crippen LogP contribution in [0.4, 0.5) is 4.39 Å². The van der Waals surface area contributed by atoms with Crippen molar-refractivity contribution in [1.29, 1.82) is 0 Å². The van der Waals surface area contributed by atoms with Gasteiger partial charge in [0.2, 0.25) is 0 Å². The number of carbonyl (C=O) groups is 2. The Morgan fingerprint density at radius 2 is 1.88 bits per heavy atom. The van der Waals surface area contributed by atoms with Crippen molar-refractivity contribution in [2.24, 2.45) is 0 Å². The molecule has 0 spiro atoms. The molecular weight excluding hydrogens is 339 g/mol. The molecular formula is C16H10ClFN2O4. The number of fused-ring (bicyclic) bond motifs is 1. The summed E-state index contributed by atoms with van der Waals surface area (Å²) >= 11 is 5.99. The number of nitrogens with zero attached hydrogens (tertiary/aromatic N) is 2. The third-order valence-corrected chi connectivity index (χ3v) is 3.89. The Hall–Kier alpha value is -2.93. The highest BCUT2D eigenvalue weighted by Crippen LogP contribution is 2.24. The fourth-order valence-corrected chi connectivity index (χ4v) is 2.62. The molecule has 1 heterocycles. The Labute approximate surface area is 139 Å². The van der Waals surface area contributed by atoms with Gasteiger partial charge in [0.05, 0.1) is 17.6 Å². The number of benzene rings is 2. The third kappa shape index (κ3) is 2.81. The van der Waals surface area contributed by atoms with E-state index in [1.54, 1.807) is 0 Å². The lowest BCUT2D eigenvalue weighted by atomic mass is 10.1. The van der Waals surface area contributed by atoms with E-state index in [9.17, 15) is 19.1 Å². The Morgan fingerprint density at radius 1 is 1.12 bits per heavy atom. The number of halogens is 2. The molecule has 0 radical (unpaired) electrons. The lowest BCUT2D eigenvalue weighted by molar-refractivity contribution is 0.0683. The molecule has 0 atom stereocenters. The first-order valence-electron chi connectivity index (χ1n) is 6.78. The second-order valence-electron chi connectivity index (χ2n) is 5.08. The molecule has 2 N–H and O–H groups in total. The SMILES string of the molecule is O=C(O)c1ccc2c(C(=O)O)nn(Cc3ccc(F)cc3Cl)c2c1. The highest BCUT2D eigenvalue weighted by atomic mass is 35.5. The van der Waals surface area contributed by atoms with Crippen LogP contribution in [0.5, 0.6) is 0 Å². The predicted molar refractivity (Wildman–Crippen MR) is 84.2 cm³/mol. The topological polar surface area (TPSA) is 92.4 Å². The normalized spacial score (nSPS) is 10.9. The molecule has 6 nitrogen and oxygen atoms in total. The van der Waals surface area contributed by atoms with Crippen LogP contribution in [-0.2, 0) is 6.54 Å². The van der Waals surface area contributed by atoms with Gasteiger partial charge in [-0.3, -0.25) is 4.68 Å². The Morgan fingerprint density at radius 3 is 2.50 bits per heavy atom. The van der Waals surface area contributed by atoms with Crippen molar-refractivity contribution >= 4 is 34.4 Å². The van der Waals surface area contributed by atoms with Gasteiger partial charge >= 0.3 is 11.9 Å². The van der Waals surface area contributed by atoms with E-state index in [1.165, 1.54) is 35.0 Å². The van der Waals surface area contributed by atoms with Gasteiger partial charge in [0.25, 0.3) is 0 Å². The zero-order valence-corrected chi connectivity index (χ0v) is 12.8. The number of carboxylic acids is 2. The number of hydrogen-bond donors (Lipinski definition) is 2. The molecule has 0 aliphatic rings. The number of aromatic carboxylic acids is 2. The first kappa shape index (κ1) is 15.9. The lowest BCUT2D eigenvalue weighted by Gasteiger charge is -2.06. The van der Waals surface area contributed by atoms with Crippen LogP contribution in [0, 0.1) is 5.82 Å². The van der Waals surface area contributed by atoms with Crippen molar-refractivity contribution in [2.45, 2.75) is 6.54 Å². The smallest absolute Gasteiger partial charge is 0.357 e. The van der Waals surface area contributed by atoms with E-state index in [2.05, 4.69) is 5.10 Å². The van der Waals surface area contributed by atoms with Gasteiger partial charge < -0.3 is 10.2 Å². The maximum atomic E-state index is 13.1. The van der Waals surface area contributed by atoms with Crippen LogP contribution in [0.2, 0.25) is 5.02 Å². The highest BCUT2D eigenvalue weighted by Gasteiger charge is 2.18. The standard InChI is InChI=1S/C16H10ClFN2O4/c17-12-6-10(18)3-1-9(12)7-20-13-5-8(15(21)22)2-4-11(13)14(19-20)16(23)24/h1-6H,7H2,(H,21,22)(H,23,24). The van der Waals surface area contributed by atoms with E-state index in [1.807, 2.05) is 0 Å². The van der Waals surface area contributed by atoms with Crippen molar-refractivity contribution in [3.63, 3.8) is 0 Å².